The molecule has 0 saturated carbocycles. The van der Waals surface area contributed by atoms with Crippen LogP contribution in [0.3, 0.4) is 0 Å². The molecule has 0 aliphatic carbocycles. The number of halogens is 1. The van der Waals surface area contributed by atoms with Gasteiger partial charge in [-0.15, -0.1) is 0 Å². The second-order valence-corrected chi connectivity index (χ2v) is 4.21. The summed E-state index contributed by atoms with van der Waals surface area (Å²) in [4.78, 5) is 15.7. The number of phenolic OH excluding ortho intramolecular Hbond substituents is 1. The highest BCUT2D eigenvalue weighted by molar-refractivity contribution is 6.29. The number of rotatable bonds is 2. The first-order valence-corrected chi connectivity index (χ1v) is 5.66. The molecular formula is C13H11ClN2O2. The van der Waals surface area contributed by atoms with Gasteiger partial charge < -0.3 is 10.4 Å². The Morgan fingerprint density at radius 3 is 2.72 bits per heavy atom. The van der Waals surface area contributed by atoms with Crippen molar-refractivity contribution >= 4 is 23.2 Å². The Hall–Kier alpha value is -2.07. The van der Waals surface area contributed by atoms with Crippen LogP contribution < -0.4 is 5.32 Å². The predicted octanol–water partition coefficient (Wildman–Crippen LogP) is 3.00. The van der Waals surface area contributed by atoms with Crippen LogP contribution in [0.4, 0.5) is 5.69 Å². The first-order valence-electron chi connectivity index (χ1n) is 5.29. The molecule has 1 aromatic heterocycles. The SMILES string of the molecule is Cc1cc(O)ccc1NC(=O)c1ccc(Cl)nc1. The van der Waals surface area contributed by atoms with E-state index in [2.05, 4.69) is 10.3 Å². The van der Waals surface area contributed by atoms with E-state index in [4.69, 9.17) is 11.6 Å². The molecule has 0 fully saturated rings. The zero-order chi connectivity index (χ0) is 13.1. The van der Waals surface area contributed by atoms with Gasteiger partial charge in [-0.05, 0) is 42.8 Å². The summed E-state index contributed by atoms with van der Waals surface area (Å²) in [6.07, 6.45) is 1.41. The fourth-order valence-corrected chi connectivity index (χ4v) is 1.60. The van der Waals surface area contributed by atoms with E-state index in [1.54, 1.807) is 31.2 Å². The highest BCUT2D eigenvalue weighted by Crippen LogP contribution is 2.20. The van der Waals surface area contributed by atoms with Crippen molar-refractivity contribution in [1.82, 2.24) is 4.98 Å². The lowest BCUT2D eigenvalue weighted by Gasteiger charge is -2.08. The highest BCUT2D eigenvalue weighted by atomic mass is 35.5. The molecule has 1 heterocycles. The number of carbonyl (C=O) groups excluding carboxylic acids is 1. The molecule has 0 unspecified atom stereocenters. The highest BCUT2D eigenvalue weighted by Gasteiger charge is 2.08. The molecule has 0 aliphatic rings. The number of phenols is 1. The second-order valence-electron chi connectivity index (χ2n) is 3.82. The van der Waals surface area contributed by atoms with Gasteiger partial charge >= 0.3 is 0 Å². The second kappa shape index (κ2) is 5.06. The van der Waals surface area contributed by atoms with Crippen LogP contribution in [0.2, 0.25) is 5.15 Å². The van der Waals surface area contributed by atoms with Gasteiger partial charge in [-0.1, -0.05) is 11.6 Å². The Balaban J connectivity index is 2.18. The number of hydrogen-bond donors (Lipinski definition) is 2. The minimum Gasteiger partial charge on any atom is -0.508 e. The quantitative estimate of drug-likeness (QED) is 0.646. The number of aryl methyl sites for hydroxylation is 1. The fraction of sp³-hybridized carbons (Fsp3) is 0.0769. The topological polar surface area (TPSA) is 62.2 Å². The summed E-state index contributed by atoms with van der Waals surface area (Å²) in [5.41, 5.74) is 1.85. The summed E-state index contributed by atoms with van der Waals surface area (Å²) in [5, 5.41) is 12.4. The summed E-state index contributed by atoms with van der Waals surface area (Å²) in [7, 11) is 0. The lowest BCUT2D eigenvalue weighted by atomic mass is 10.2. The Bertz CT molecular complexity index is 582. The zero-order valence-electron chi connectivity index (χ0n) is 9.64. The normalized spacial score (nSPS) is 10.1. The van der Waals surface area contributed by atoms with Gasteiger partial charge in [0.15, 0.2) is 0 Å². The van der Waals surface area contributed by atoms with E-state index in [0.29, 0.717) is 16.4 Å². The van der Waals surface area contributed by atoms with E-state index in [0.717, 1.165) is 5.56 Å². The number of amides is 1. The van der Waals surface area contributed by atoms with Gasteiger partial charge in [0.05, 0.1) is 5.56 Å². The molecule has 0 bridgehead atoms. The van der Waals surface area contributed by atoms with Crippen LogP contribution in [0.15, 0.2) is 36.5 Å². The summed E-state index contributed by atoms with van der Waals surface area (Å²) in [6, 6.07) is 7.89. The first kappa shape index (κ1) is 12.4. The Labute approximate surface area is 109 Å². The molecule has 1 amide bonds. The fourth-order valence-electron chi connectivity index (χ4n) is 1.49. The molecule has 2 N–H and O–H groups in total. The van der Waals surface area contributed by atoms with Crippen molar-refractivity contribution in [2.45, 2.75) is 6.92 Å². The predicted molar refractivity (Wildman–Crippen MR) is 70.0 cm³/mol. The number of nitrogens with one attached hydrogen (secondary N) is 1. The third kappa shape index (κ3) is 2.78. The van der Waals surface area contributed by atoms with E-state index in [-0.39, 0.29) is 11.7 Å². The zero-order valence-corrected chi connectivity index (χ0v) is 10.4. The standard InChI is InChI=1S/C13H11ClN2O2/c1-8-6-10(17)3-4-11(8)16-13(18)9-2-5-12(14)15-7-9/h2-7,17H,1H3,(H,16,18). The van der Waals surface area contributed by atoms with Crippen LogP contribution >= 0.6 is 11.6 Å². The smallest absolute Gasteiger partial charge is 0.257 e. The molecule has 1 aromatic carbocycles. The summed E-state index contributed by atoms with van der Waals surface area (Å²) in [6.45, 7) is 1.80. The maximum Gasteiger partial charge on any atom is 0.257 e. The van der Waals surface area contributed by atoms with Crippen molar-refractivity contribution in [1.29, 1.82) is 0 Å². The van der Waals surface area contributed by atoms with E-state index < -0.39 is 0 Å². The molecule has 0 saturated heterocycles. The molecule has 0 aliphatic heterocycles. The van der Waals surface area contributed by atoms with Crippen molar-refractivity contribution in [3.05, 3.63) is 52.8 Å². The van der Waals surface area contributed by atoms with Crippen LogP contribution in [0, 0.1) is 6.92 Å². The van der Waals surface area contributed by atoms with Crippen LogP contribution in [-0.4, -0.2) is 16.0 Å². The van der Waals surface area contributed by atoms with Crippen molar-refractivity contribution in [3.63, 3.8) is 0 Å². The van der Waals surface area contributed by atoms with Gasteiger partial charge in [0.2, 0.25) is 0 Å². The molecule has 5 heteroatoms. The van der Waals surface area contributed by atoms with Crippen molar-refractivity contribution in [3.8, 4) is 5.75 Å². The largest absolute Gasteiger partial charge is 0.508 e. The number of anilines is 1. The number of nitrogens with zero attached hydrogens (tertiary/aromatic N) is 1. The van der Waals surface area contributed by atoms with E-state index in [1.807, 2.05) is 0 Å². The molecule has 0 spiro atoms. The molecule has 2 aromatic rings. The molecule has 2 rings (SSSR count). The number of hydrogen-bond acceptors (Lipinski definition) is 3. The number of aromatic nitrogens is 1. The van der Waals surface area contributed by atoms with Gasteiger partial charge in [0.1, 0.15) is 10.9 Å². The maximum absolute atomic E-state index is 11.9. The van der Waals surface area contributed by atoms with Crippen LogP contribution in [0.5, 0.6) is 5.75 Å². The lowest BCUT2D eigenvalue weighted by molar-refractivity contribution is 0.102. The molecule has 0 atom stereocenters. The number of aromatic hydroxyl groups is 1. The van der Waals surface area contributed by atoms with Crippen molar-refractivity contribution in [2.24, 2.45) is 0 Å². The van der Waals surface area contributed by atoms with Crippen LogP contribution in [0.25, 0.3) is 0 Å². The van der Waals surface area contributed by atoms with Crippen LogP contribution in [0.1, 0.15) is 15.9 Å². The molecular weight excluding hydrogens is 252 g/mol. The first-order chi connectivity index (χ1) is 8.56. The average molecular weight is 263 g/mol. The monoisotopic (exact) mass is 262 g/mol. The Morgan fingerprint density at radius 1 is 1.33 bits per heavy atom. The average Bonchev–Trinajstić information content (AvgIpc) is 2.33. The minimum atomic E-state index is -0.270. The summed E-state index contributed by atoms with van der Waals surface area (Å²) in [5.74, 6) is -0.105. The van der Waals surface area contributed by atoms with Gasteiger partial charge in [-0.2, -0.15) is 0 Å². The molecule has 18 heavy (non-hydrogen) atoms. The minimum absolute atomic E-state index is 0.165. The van der Waals surface area contributed by atoms with Gasteiger partial charge in [0, 0.05) is 11.9 Å². The van der Waals surface area contributed by atoms with E-state index in [9.17, 15) is 9.90 Å². The lowest BCUT2D eigenvalue weighted by Crippen LogP contribution is -2.12. The van der Waals surface area contributed by atoms with Gasteiger partial charge in [-0.25, -0.2) is 4.98 Å². The number of benzene rings is 1. The molecule has 4 nitrogen and oxygen atoms in total. The summed E-state index contributed by atoms with van der Waals surface area (Å²) < 4.78 is 0. The third-order valence-electron chi connectivity index (χ3n) is 2.45. The molecule has 0 radical (unpaired) electrons. The van der Waals surface area contributed by atoms with Gasteiger partial charge in [-0.3, -0.25) is 4.79 Å². The number of carbonyl (C=O) groups is 1. The van der Waals surface area contributed by atoms with Crippen molar-refractivity contribution in [2.75, 3.05) is 5.32 Å². The Kier molecular flexibility index (Phi) is 3.48. The van der Waals surface area contributed by atoms with Crippen LogP contribution in [-0.2, 0) is 0 Å². The van der Waals surface area contributed by atoms with Gasteiger partial charge in [0.25, 0.3) is 5.91 Å². The van der Waals surface area contributed by atoms with Crippen molar-refractivity contribution < 1.29 is 9.90 Å². The summed E-state index contributed by atoms with van der Waals surface area (Å²) >= 11 is 5.65. The molecule has 92 valence electrons. The Morgan fingerprint density at radius 2 is 2.11 bits per heavy atom. The maximum atomic E-state index is 11.9. The van der Waals surface area contributed by atoms with E-state index in [1.165, 1.54) is 12.3 Å². The van der Waals surface area contributed by atoms with E-state index >= 15 is 0 Å². The number of pyridine rings is 1. The third-order valence-corrected chi connectivity index (χ3v) is 2.67.